The third-order valence-corrected chi connectivity index (χ3v) is 8.03. The van der Waals surface area contributed by atoms with Gasteiger partial charge in [-0.1, -0.05) is 61.5 Å². The van der Waals surface area contributed by atoms with Crippen LogP contribution in [-0.2, 0) is 9.59 Å². The van der Waals surface area contributed by atoms with Gasteiger partial charge in [0.1, 0.15) is 18.1 Å². The Morgan fingerprint density at radius 3 is 2.46 bits per heavy atom. The monoisotopic (exact) mass is 540 g/mol. The molecule has 3 aromatic carbocycles. The van der Waals surface area contributed by atoms with Gasteiger partial charge in [-0.2, -0.15) is 5.10 Å². The second kappa shape index (κ2) is 11.8. The molecule has 2 heterocycles. The van der Waals surface area contributed by atoms with E-state index in [2.05, 4.69) is 24.4 Å². The molecular weight excluding hydrogens is 508 g/mol. The Hall–Kier alpha value is -4.04. The molecule has 1 aliphatic rings. The average Bonchev–Trinajstić information content (AvgIpc) is 3.30. The van der Waals surface area contributed by atoms with Crippen molar-refractivity contribution >= 4 is 29.4 Å². The van der Waals surface area contributed by atoms with Gasteiger partial charge in [0.05, 0.1) is 29.5 Å². The highest BCUT2D eigenvalue weighted by Crippen LogP contribution is 2.49. The highest BCUT2D eigenvalue weighted by Gasteiger charge is 2.38. The number of carbonyl (C=O) groups excluding carboxylic acids is 2. The molecule has 5 rings (SSSR count). The summed E-state index contributed by atoms with van der Waals surface area (Å²) >= 11 is 1.58. The number of anilines is 1. The fourth-order valence-corrected chi connectivity index (χ4v) is 6.12. The van der Waals surface area contributed by atoms with Gasteiger partial charge in [0.15, 0.2) is 0 Å². The second-order valence-corrected chi connectivity index (χ2v) is 10.5. The first kappa shape index (κ1) is 26.6. The third-order valence-electron chi connectivity index (χ3n) is 6.80. The molecule has 1 atom stereocenters. The van der Waals surface area contributed by atoms with Crippen molar-refractivity contribution in [1.82, 2.24) is 15.1 Å². The standard InChI is InChI=1S/C31H32N4O3S/c1-4-18-32-26(36)19-34-27(37)20-39-30(25-13-9-8-10-21(25)2)28-29(22-11-6-5-7-12-22)33-35(31(28)34)23-14-16-24(38-3)17-15-23/h5-17,30H,4,18-20H2,1-3H3,(H,32,36)/t30-/m1/s1. The summed E-state index contributed by atoms with van der Waals surface area (Å²) in [4.78, 5) is 28.3. The number of amides is 2. The molecule has 7 nitrogen and oxygen atoms in total. The summed E-state index contributed by atoms with van der Waals surface area (Å²) in [7, 11) is 1.63. The van der Waals surface area contributed by atoms with Crippen molar-refractivity contribution in [2.75, 3.05) is 30.9 Å². The van der Waals surface area contributed by atoms with Gasteiger partial charge >= 0.3 is 0 Å². The van der Waals surface area contributed by atoms with Crippen LogP contribution in [-0.4, -0.2) is 47.5 Å². The lowest BCUT2D eigenvalue weighted by molar-refractivity contribution is -0.122. The molecule has 4 aromatic rings. The van der Waals surface area contributed by atoms with E-state index in [9.17, 15) is 9.59 Å². The van der Waals surface area contributed by atoms with E-state index in [1.165, 1.54) is 0 Å². The van der Waals surface area contributed by atoms with Crippen molar-refractivity contribution in [2.45, 2.75) is 25.5 Å². The largest absolute Gasteiger partial charge is 0.497 e. The molecule has 0 radical (unpaired) electrons. The molecule has 1 aromatic heterocycles. The van der Waals surface area contributed by atoms with Gasteiger partial charge in [0, 0.05) is 17.7 Å². The van der Waals surface area contributed by atoms with Crippen LogP contribution >= 0.6 is 11.8 Å². The topological polar surface area (TPSA) is 76.5 Å². The summed E-state index contributed by atoms with van der Waals surface area (Å²) in [6.07, 6.45) is 0.818. The number of ether oxygens (including phenoxy) is 1. The number of carbonyl (C=O) groups is 2. The number of aryl methyl sites for hydroxylation is 1. The van der Waals surface area contributed by atoms with E-state index in [4.69, 9.17) is 9.84 Å². The van der Waals surface area contributed by atoms with Crippen molar-refractivity contribution < 1.29 is 14.3 Å². The van der Waals surface area contributed by atoms with Gasteiger partial charge < -0.3 is 10.1 Å². The van der Waals surface area contributed by atoms with Crippen molar-refractivity contribution in [1.29, 1.82) is 0 Å². The first-order valence-electron chi connectivity index (χ1n) is 13.1. The normalized spacial score (nSPS) is 15.0. The molecule has 39 heavy (non-hydrogen) atoms. The number of thioether (sulfide) groups is 1. The zero-order chi connectivity index (χ0) is 27.4. The first-order valence-corrected chi connectivity index (χ1v) is 14.1. The highest BCUT2D eigenvalue weighted by atomic mass is 32.2. The molecular formula is C31H32N4O3S. The van der Waals surface area contributed by atoms with Gasteiger partial charge in [0.25, 0.3) is 0 Å². The Balaban J connectivity index is 1.79. The van der Waals surface area contributed by atoms with Crippen LogP contribution in [0.4, 0.5) is 5.82 Å². The summed E-state index contributed by atoms with van der Waals surface area (Å²) in [5.41, 5.74) is 5.70. The molecule has 1 aliphatic heterocycles. The molecule has 0 unspecified atom stereocenters. The Bertz CT molecular complexity index is 1470. The minimum absolute atomic E-state index is 0.0804. The maximum atomic E-state index is 13.7. The fraction of sp³-hybridized carbons (Fsp3) is 0.258. The molecule has 0 aliphatic carbocycles. The van der Waals surface area contributed by atoms with Crippen LogP contribution in [0.2, 0.25) is 0 Å². The van der Waals surface area contributed by atoms with Gasteiger partial charge in [-0.05, 0) is 48.7 Å². The molecule has 0 saturated carbocycles. The molecule has 1 N–H and O–H groups in total. The van der Waals surface area contributed by atoms with E-state index in [0.29, 0.717) is 12.4 Å². The predicted molar refractivity (Wildman–Crippen MR) is 157 cm³/mol. The van der Waals surface area contributed by atoms with Crippen LogP contribution in [0.3, 0.4) is 0 Å². The quantitative estimate of drug-likeness (QED) is 0.317. The predicted octanol–water partition coefficient (Wildman–Crippen LogP) is 5.55. The number of hydrogen-bond donors (Lipinski definition) is 1. The zero-order valence-electron chi connectivity index (χ0n) is 22.4. The highest BCUT2D eigenvalue weighted by molar-refractivity contribution is 8.00. The van der Waals surface area contributed by atoms with E-state index in [0.717, 1.165) is 45.8 Å². The van der Waals surface area contributed by atoms with Crippen molar-refractivity contribution in [2.24, 2.45) is 0 Å². The maximum absolute atomic E-state index is 13.7. The third kappa shape index (κ3) is 5.43. The van der Waals surface area contributed by atoms with E-state index in [1.54, 1.807) is 28.5 Å². The van der Waals surface area contributed by atoms with Crippen LogP contribution in [0.5, 0.6) is 5.75 Å². The summed E-state index contributed by atoms with van der Waals surface area (Å²) in [5.74, 6) is 1.26. The van der Waals surface area contributed by atoms with Crippen molar-refractivity contribution in [3.8, 4) is 22.7 Å². The van der Waals surface area contributed by atoms with E-state index >= 15 is 0 Å². The summed E-state index contributed by atoms with van der Waals surface area (Å²) in [5, 5.41) is 7.90. The molecule has 200 valence electrons. The van der Waals surface area contributed by atoms with E-state index in [-0.39, 0.29) is 29.4 Å². The zero-order valence-corrected chi connectivity index (χ0v) is 23.2. The fourth-order valence-electron chi connectivity index (χ4n) is 4.82. The Labute approximate surface area is 233 Å². The average molecular weight is 541 g/mol. The SMILES string of the molecule is CCCNC(=O)CN1C(=O)CS[C@H](c2ccccc2C)c2c(-c3ccccc3)nn(-c3ccc(OC)cc3)c21. The van der Waals surface area contributed by atoms with Gasteiger partial charge in [-0.25, -0.2) is 4.68 Å². The number of benzene rings is 3. The lowest BCUT2D eigenvalue weighted by atomic mass is 9.97. The van der Waals surface area contributed by atoms with Crippen LogP contribution in [0.15, 0.2) is 78.9 Å². The Kier molecular flexibility index (Phi) is 8.02. The van der Waals surface area contributed by atoms with Gasteiger partial charge in [-0.15, -0.1) is 11.8 Å². The van der Waals surface area contributed by atoms with Crippen LogP contribution < -0.4 is 15.0 Å². The summed E-state index contributed by atoms with van der Waals surface area (Å²) in [6.45, 7) is 4.57. The van der Waals surface area contributed by atoms with Crippen molar-refractivity contribution in [3.63, 3.8) is 0 Å². The molecule has 0 fully saturated rings. The Morgan fingerprint density at radius 1 is 1.05 bits per heavy atom. The number of nitrogens with zero attached hydrogens (tertiary/aromatic N) is 3. The number of hydrogen-bond acceptors (Lipinski definition) is 5. The number of fused-ring (bicyclic) bond motifs is 1. The van der Waals surface area contributed by atoms with Gasteiger partial charge in [-0.3, -0.25) is 14.5 Å². The molecule has 0 bridgehead atoms. The lowest BCUT2D eigenvalue weighted by Gasteiger charge is -2.23. The molecule has 8 heteroatoms. The summed E-state index contributed by atoms with van der Waals surface area (Å²) < 4.78 is 7.18. The minimum Gasteiger partial charge on any atom is -0.497 e. The first-order chi connectivity index (χ1) is 19.0. The van der Waals surface area contributed by atoms with E-state index < -0.39 is 0 Å². The Morgan fingerprint density at radius 2 is 1.77 bits per heavy atom. The number of nitrogens with one attached hydrogen (secondary N) is 1. The molecule has 2 amide bonds. The molecule has 0 spiro atoms. The van der Waals surface area contributed by atoms with E-state index in [1.807, 2.05) is 73.7 Å². The lowest BCUT2D eigenvalue weighted by Crippen LogP contribution is -2.42. The number of aromatic nitrogens is 2. The summed E-state index contributed by atoms with van der Waals surface area (Å²) in [6, 6.07) is 25.9. The van der Waals surface area contributed by atoms with Gasteiger partial charge in [0.2, 0.25) is 11.8 Å². The minimum atomic E-state index is -0.195. The molecule has 0 saturated heterocycles. The maximum Gasteiger partial charge on any atom is 0.240 e. The van der Waals surface area contributed by atoms with Crippen molar-refractivity contribution in [3.05, 3.63) is 95.6 Å². The number of methoxy groups -OCH3 is 1. The number of rotatable bonds is 8. The second-order valence-electron chi connectivity index (χ2n) is 9.44. The smallest absolute Gasteiger partial charge is 0.240 e. The van der Waals surface area contributed by atoms with Crippen LogP contribution in [0.25, 0.3) is 16.9 Å². The van der Waals surface area contributed by atoms with Crippen LogP contribution in [0.1, 0.15) is 35.3 Å². The van der Waals surface area contributed by atoms with Crippen LogP contribution in [0, 0.1) is 6.92 Å².